The van der Waals surface area contributed by atoms with Crippen LogP contribution < -0.4 is 15.8 Å². The molecular formula is C15H26N2O. The van der Waals surface area contributed by atoms with Crippen molar-refractivity contribution < 1.29 is 4.74 Å². The van der Waals surface area contributed by atoms with E-state index in [1.54, 1.807) is 0 Å². The van der Waals surface area contributed by atoms with Crippen molar-refractivity contribution >= 4 is 0 Å². The Kier molecular flexibility index (Phi) is 7.46. The number of benzene rings is 1. The summed E-state index contributed by atoms with van der Waals surface area (Å²) in [5.41, 5.74) is 7.04. The lowest BCUT2D eigenvalue weighted by atomic mass is 10.1. The van der Waals surface area contributed by atoms with Gasteiger partial charge in [-0.3, -0.25) is 0 Å². The standard InChI is InChI=1S/C15H26N2O/c1-3-18-15-8-6-14(7-9-15)10-12-17-11-4-5-13(2)16/h6-9,13,17H,3-5,10-12,16H2,1-2H3. The smallest absolute Gasteiger partial charge is 0.119 e. The van der Waals surface area contributed by atoms with Gasteiger partial charge in [0.1, 0.15) is 5.75 Å². The van der Waals surface area contributed by atoms with Gasteiger partial charge in [-0.25, -0.2) is 0 Å². The van der Waals surface area contributed by atoms with E-state index in [9.17, 15) is 0 Å². The summed E-state index contributed by atoms with van der Waals surface area (Å²) in [6, 6.07) is 8.66. The molecule has 3 nitrogen and oxygen atoms in total. The first-order valence-electron chi connectivity index (χ1n) is 6.90. The molecule has 3 heteroatoms. The van der Waals surface area contributed by atoms with Gasteiger partial charge in [-0.1, -0.05) is 12.1 Å². The summed E-state index contributed by atoms with van der Waals surface area (Å²) in [6.07, 6.45) is 3.31. The van der Waals surface area contributed by atoms with Gasteiger partial charge in [-0.05, 0) is 63.9 Å². The van der Waals surface area contributed by atoms with Crippen LogP contribution in [-0.4, -0.2) is 25.7 Å². The van der Waals surface area contributed by atoms with Gasteiger partial charge >= 0.3 is 0 Å². The van der Waals surface area contributed by atoms with Crippen molar-refractivity contribution in [2.24, 2.45) is 5.73 Å². The SMILES string of the molecule is CCOc1ccc(CCNCCCC(C)N)cc1. The average Bonchev–Trinajstić information content (AvgIpc) is 2.35. The van der Waals surface area contributed by atoms with Crippen LogP contribution in [0.5, 0.6) is 5.75 Å². The van der Waals surface area contributed by atoms with Crippen LogP contribution >= 0.6 is 0 Å². The highest BCUT2D eigenvalue weighted by atomic mass is 16.5. The number of nitrogens with two attached hydrogens (primary N) is 1. The van der Waals surface area contributed by atoms with E-state index < -0.39 is 0 Å². The van der Waals surface area contributed by atoms with Crippen molar-refractivity contribution in [1.82, 2.24) is 5.32 Å². The first kappa shape index (κ1) is 15.0. The van der Waals surface area contributed by atoms with Gasteiger partial charge in [0, 0.05) is 6.04 Å². The Labute approximate surface area is 111 Å². The van der Waals surface area contributed by atoms with Gasteiger partial charge in [0.15, 0.2) is 0 Å². The van der Waals surface area contributed by atoms with Crippen molar-refractivity contribution in [2.45, 2.75) is 39.2 Å². The second kappa shape index (κ2) is 8.95. The molecule has 0 bridgehead atoms. The van der Waals surface area contributed by atoms with Crippen LogP contribution in [0.15, 0.2) is 24.3 Å². The molecule has 0 aromatic heterocycles. The largest absolute Gasteiger partial charge is 0.494 e. The lowest BCUT2D eigenvalue weighted by Crippen LogP contribution is -2.21. The van der Waals surface area contributed by atoms with E-state index in [0.717, 1.165) is 44.7 Å². The highest BCUT2D eigenvalue weighted by Crippen LogP contribution is 2.12. The number of hydrogen-bond acceptors (Lipinski definition) is 3. The zero-order valence-electron chi connectivity index (χ0n) is 11.6. The van der Waals surface area contributed by atoms with E-state index in [0.29, 0.717) is 6.04 Å². The van der Waals surface area contributed by atoms with Crippen molar-refractivity contribution in [3.63, 3.8) is 0 Å². The van der Waals surface area contributed by atoms with Crippen LogP contribution in [0.4, 0.5) is 0 Å². The molecule has 0 fully saturated rings. The predicted molar refractivity (Wildman–Crippen MR) is 77.1 cm³/mol. The first-order chi connectivity index (χ1) is 8.72. The van der Waals surface area contributed by atoms with Crippen LogP contribution in [-0.2, 0) is 6.42 Å². The molecule has 0 aliphatic rings. The fourth-order valence-electron chi connectivity index (χ4n) is 1.83. The van der Waals surface area contributed by atoms with Crippen LogP contribution in [0, 0.1) is 0 Å². The van der Waals surface area contributed by atoms with E-state index in [1.807, 2.05) is 19.1 Å². The summed E-state index contributed by atoms with van der Waals surface area (Å²) < 4.78 is 5.41. The van der Waals surface area contributed by atoms with Gasteiger partial charge in [0.2, 0.25) is 0 Å². The van der Waals surface area contributed by atoms with E-state index in [4.69, 9.17) is 10.5 Å². The monoisotopic (exact) mass is 250 g/mol. The van der Waals surface area contributed by atoms with Crippen LogP contribution in [0.2, 0.25) is 0 Å². The zero-order valence-corrected chi connectivity index (χ0v) is 11.6. The molecule has 102 valence electrons. The van der Waals surface area contributed by atoms with Crippen LogP contribution in [0.25, 0.3) is 0 Å². The highest BCUT2D eigenvalue weighted by Gasteiger charge is 1.96. The molecule has 0 aliphatic carbocycles. The number of ether oxygens (including phenoxy) is 1. The number of rotatable bonds is 9. The summed E-state index contributed by atoms with van der Waals surface area (Å²) in [6.45, 7) is 6.85. The molecule has 0 radical (unpaired) electrons. The van der Waals surface area contributed by atoms with E-state index in [1.165, 1.54) is 5.56 Å². The van der Waals surface area contributed by atoms with Gasteiger partial charge in [-0.2, -0.15) is 0 Å². The Morgan fingerprint density at radius 2 is 1.94 bits per heavy atom. The van der Waals surface area contributed by atoms with Gasteiger partial charge in [0.25, 0.3) is 0 Å². The van der Waals surface area contributed by atoms with Crippen LogP contribution in [0.1, 0.15) is 32.3 Å². The molecule has 1 aromatic rings. The quantitative estimate of drug-likeness (QED) is 0.661. The molecule has 1 aromatic carbocycles. The lowest BCUT2D eigenvalue weighted by molar-refractivity contribution is 0.340. The lowest BCUT2D eigenvalue weighted by Gasteiger charge is -2.07. The minimum atomic E-state index is 0.318. The molecule has 1 unspecified atom stereocenters. The molecule has 3 N–H and O–H groups in total. The second-order valence-electron chi connectivity index (χ2n) is 4.70. The molecule has 0 saturated carbocycles. The second-order valence-corrected chi connectivity index (χ2v) is 4.70. The summed E-state index contributed by atoms with van der Waals surface area (Å²) in [5, 5.41) is 3.44. The Morgan fingerprint density at radius 1 is 1.22 bits per heavy atom. The summed E-state index contributed by atoms with van der Waals surface area (Å²) in [5.74, 6) is 0.950. The molecule has 0 amide bonds. The van der Waals surface area contributed by atoms with Crippen molar-refractivity contribution in [2.75, 3.05) is 19.7 Å². The maximum atomic E-state index is 5.70. The third-order valence-corrected chi connectivity index (χ3v) is 2.84. The number of hydrogen-bond donors (Lipinski definition) is 2. The fourth-order valence-corrected chi connectivity index (χ4v) is 1.83. The van der Waals surface area contributed by atoms with Crippen LogP contribution in [0.3, 0.4) is 0 Å². The Bertz CT molecular complexity index is 309. The molecular weight excluding hydrogens is 224 g/mol. The minimum Gasteiger partial charge on any atom is -0.494 e. The van der Waals surface area contributed by atoms with Crippen molar-refractivity contribution in [3.8, 4) is 5.75 Å². The molecule has 0 heterocycles. The maximum Gasteiger partial charge on any atom is 0.119 e. The summed E-state index contributed by atoms with van der Waals surface area (Å²) >= 11 is 0. The maximum absolute atomic E-state index is 5.70. The zero-order chi connectivity index (χ0) is 13.2. The van der Waals surface area contributed by atoms with E-state index in [2.05, 4.69) is 24.4 Å². The molecule has 1 rings (SSSR count). The number of nitrogens with one attached hydrogen (secondary N) is 1. The van der Waals surface area contributed by atoms with E-state index in [-0.39, 0.29) is 0 Å². The minimum absolute atomic E-state index is 0.318. The third-order valence-electron chi connectivity index (χ3n) is 2.84. The Morgan fingerprint density at radius 3 is 2.56 bits per heavy atom. The molecule has 0 spiro atoms. The molecule has 0 saturated heterocycles. The van der Waals surface area contributed by atoms with Gasteiger partial charge in [-0.15, -0.1) is 0 Å². The Balaban J connectivity index is 2.11. The average molecular weight is 250 g/mol. The fraction of sp³-hybridized carbons (Fsp3) is 0.600. The Hall–Kier alpha value is -1.06. The topological polar surface area (TPSA) is 47.3 Å². The first-order valence-corrected chi connectivity index (χ1v) is 6.90. The van der Waals surface area contributed by atoms with Crippen molar-refractivity contribution in [3.05, 3.63) is 29.8 Å². The predicted octanol–water partition coefficient (Wildman–Crippen LogP) is 2.34. The summed E-state index contributed by atoms with van der Waals surface area (Å²) in [7, 11) is 0. The molecule has 1 atom stereocenters. The van der Waals surface area contributed by atoms with Gasteiger partial charge in [0.05, 0.1) is 6.61 Å². The van der Waals surface area contributed by atoms with Crippen molar-refractivity contribution in [1.29, 1.82) is 0 Å². The highest BCUT2D eigenvalue weighted by molar-refractivity contribution is 5.27. The van der Waals surface area contributed by atoms with E-state index >= 15 is 0 Å². The normalized spacial score (nSPS) is 12.4. The van der Waals surface area contributed by atoms with Gasteiger partial charge < -0.3 is 15.8 Å². The third kappa shape index (κ3) is 6.62. The molecule has 18 heavy (non-hydrogen) atoms. The summed E-state index contributed by atoms with van der Waals surface area (Å²) in [4.78, 5) is 0. The molecule has 0 aliphatic heterocycles.